The zero-order valence-electron chi connectivity index (χ0n) is 84.3. The van der Waals surface area contributed by atoms with Crippen molar-refractivity contribution in [3.8, 4) is 0 Å². The van der Waals surface area contributed by atoms with E-state index in [1.54, 1.807) is 0 Å². The molecule has 6 unspecified atom stereocenters. The van der Waals surface area contributed by atoms with E-state index in [-0.39, 0.29) is 33.2 Å². The lowest BCUT2D eigenvalue weighted by Crippen LogP contribution is -2.39. The highest BCUT2D eigenvalue weighted by atomic mass is 15.4. The van der Waals surface area contributed by atoms with Crippen molar-refractivity contribution in [1.82, 2.24) is 29.4 Å². The minimum Gasteiger partial charge on any atom is -0.359 e. The summed E-state index contributed by atoms with van der Waals surface area (Å²) in [7, 11) is 6.03. The van der Waals surface area contributed by atoms with Crippen molar-refractivity contribution in [3.63, 3.8) is 0 Å². The van der Waals surface area contributed by atoms with Gasteiger partial charge in [0.05, 0.1) is 53.8 Å². The highest BCUT2D eigenvalue weighted by molar-refractivity contribution is 5.76. The Bertz CT molecular complexity index is 5120. The number of hydrogen-bond acceptors (Lipinski definition) is 12. The Balaban J connectivity index is 0.000000126. The Morgan fingerprint density at radius 1 is 0.211 bits per heavy atom. The molecular formula is C111H154N12. The van der Waals surface area contributed by atoms with Crippen LogP contribution in [0.4, 0.5) is 34.1 Å². The fourth-order valence-corrected chi connectivity index (χ4v) is 21.9. The Morgan fingerprint density at radius 3 is 0.797 bits per heavy atom. The number of rotatable bonds is 13. The first-order valence-electron chi connectivity index (χ1n) is 51.1. The van der Waals surface area contributed by atoms with Crippen LogP contribution in [0.2, 0.25) is 0 Å². The second-order valence-corrected chi connectivity index (χ2v) is 37.4. The van der Waals surface area contributed by atoms with E-state index in [0.717, 1.165) is 34.0 Å². The minimum absolute atomic E-state index is 0.292. The first-order chi connectivity index (χ1) is 62.2. The molecule has 0 bridgehead atoms. The molecule has 7 aromatic carbocycles. The fourth-order valence-electron chi connectivity index (χ4n) is 21.9. The summed E-state index contributed by atoms with van der Waals surface area (Å²) in [4.78, 5) is 26.8. The Labute approximate surface area is 753 Å². The first-order valence-corrected chi connectivity index (χ1v) is 47.6. The molecule has 6 atom stereocenters. The van der Waals surface area contributed by atoms with Crippen molar-refractivity contribution in [2.24, 2.45) is 17.8 Å². The van der Waals surface area contributed by atoms with Crippen molar-refractivity contribution < 1.29 is 8.22 Å². The normalized spacial score (nSPS) is 24.8. The lowest BCUT2D eigenvalue weighted by molar-refractivity contribution is 0.186. The second kappa shape index (κ2) is 42.0. The molecule has 6 saturated carbocycles. The van der Waals surface area contributed by atoms with Crippen LogP contribution in [0.5, 0.6) is 0 Å². The van der Waals surface area contributed by atoms with Crippen LogP contribution in [0.25, 0.3) is 5.70 Å². The summed E-state index contributed by atoms with van der Waals surface area (Å²) in [6, 6.07) is 62.4. The van der Waals surface area contributed by atoms with Crippen molar-refractivity contribution in [3.05, 3.63) is 278 Å². The third-order valence-electron chi connectivity index (χ3n) is 29.1. The maximum absolute atomic E-state index is 9.21. The van der Waals surface area contributed by atoms with Crippen molar-refractivity contribution in [2.75, 3.05) is 90.4 Å². The van der Waals surface area contributed by atoms with E-state index in [1.807, 2.05) is 66.4 Å². The Morgan fingerprint density at radius 2 is 0.455 bits per heavy atom. The number of para-hydroxylation sites is 6. The van der Waals surface area contributed by atoms with Crippen LogP contribution in [-0.4, -0.2) is 109 Å². The summed E-state index contributed by atoms with van der Waals surface area (Å²) >= 11 is 0. The molecular weight excluding hydrogens is 1500 g/mol. The summed E-state index contributed by atoms with van der Waals surface area (Å²) in [6.45, 7) is 28.1. The molecule has 6 aliphatic heterocycles. The molecule has 7 aromatic rings. The van der Waals surface area contributed by atoms with E-state index < -0.39 is 6.64 Å². The van der Waals surface area contributed by atoms with Crippen LogP contribution < -0.4 is 29.4 Å². The molecule has 123 heavy (non-hydrogen) atoms. The molecule has 6 aliphatic carbocycles. The lowest BCUT2D eigenvalue weighted by Gasteiger charge is -2.38. The maximum atomic E-state index is 9.21. The van der Waals surface area contributed by atoms with E-state index in [4.69, 9.17) is 6.85 Å². The van der Waals surface area contributed by atoms with E-state index in [1.165, 1.54) is 287 Å². The second-order valence-electron chi connectivity index (χ2n) is 37.4. The molecule has 0 amide bonds. The fraction of sp³-hybridized carbons (Fsp3) is 0.514. The van der Waals surface area contributed by atoms with Gasteiger partial charge in [-0.25, -0.2) is 0 Å². The zero-order chi connectivity index (χ0) is 91.6. The number of aryl methyl sites for hydroxylation is 6. The molecule has 0 aromatic heterocycles. The summed E-state index contributed by atoms with van der Waals surface area (Å²) in [5, 5.41) is 0. The van der Waals surface area contributed by atoms with Crippen LogP contribution >= 0.6 is 0 Å². The summed E-state index contributed by atoms with van der Waals surface area (Å²) in [5.41, 5.74) is 31.1. The van der Waals surface area contributed by atoms with Gasteiger partial charge in [-0.2, -0.15) is 0 Å². The van der Waals surface area contributed by atoms with Crippen LogP contribution in [-0.2, 0) is 0 Å². The van der Waals surface area contributed by atoms with Crippen LogP contribution in [0.1, 0.15) is 282 Å². The van der Waals surface area contributed by atoms with Gasteiger partial charge in [0, 0.05) is 154 Å². The van der Waals surface area contributed by atoms with Crippen LogP contribution in [0.15, 0.2) is 239 Å². The number of allylic oxidation sites excluding steroid dienone is 11. The number of nitrogens with zero attached hydrogens (tertiary/aromatic N) is 12. The number of benzene rings is 7. The van der Waals surface area contributed by atoms with Crippen molar-refractivity contribution in [2.45, 2.75) is 295 Å². The van der Waals surface area contributed by atoms with Crippen molar-refractivity contribution >= 4 is 39.8 Å². The highest BCUT2D eigenvalue weighted by Gasteiger charge is 2.41. The average molecular weight is 1660 g/mol. The standard InChI is InChI=1S/C23H34N2.C22H32N2.C18H20N2.C18H26N2.C17H24N2.C13H18N2/c1-18-11-9-10-16-22(18)24-17-25(21-14-7-4-8-15-21)23(19(24)2)20-12-5-3-6-13-20;1-17-10-6-9-15-21(17)23-16-24(20-13-4-3-5-14-20)22(18(23)2)19-11-7-8-12-19;1-14-9-7-8-12-17(14)20-13-19(3)18(15(20)2)16-10-5-4-6-11-16;1-14-9-7-8-12-18(14)20-13-19(15(2)16(20)3)17-10-5-4-6-11-17;1-13-8-4-7-11-16(13)19-12-18(3)17(14(19)2)15-9-5-6-10-15;1-10-7-5-6-8-13(10)15-9-14(4)11(2)12(15)3/h9-11,16,20-21H,3-8,12-15,17H2,1-2H3;6,9-10,15,19-20H,3-5,7-8,11-14,16H2,1-2H3;4-12H,13H2,1-3H3;7-9,12,17H,4-6,10-11,13H2,1-3H3;4,7-8,11,15H,5-6,9-10,12H2,1-3H3;5-8H,9H2,1-4H3/i17D;16D;2*13D;12D;9D. The zero-order valence-corrected chi connectivity index (χ0v) is 78.3. The first kappa shape index (κ1) is 81.9. The number of hydrogen-bond donors (Lipinski definition) is 0. The van der Waals surface area contributed by atoms with Gasteiger partial charge in [-0.3, -0.25) is 0 Å². The molecule has 658 valence electrons. The average Bonchev–Trinajstić information content (AvgIpc) is 1.61. The Kier molecular flexibility index (Phi) is 28.0. The summed E-state index contributed by atoms with van der Waals surface area (Å²) in [6.07, 6.45) is 36.8. The molecule has 6 fully saturated rings. The summed E-state index contributed by atoms with van der Waals surface area (Å²) in [5.74, 6) is 1.98. The molecule has 0 N–H and O–H groups in total. The van der Waals surface area contributed by atoms with Crippen molar-refractivity contribution in [1.29, 1.82) is 0 Å². The Hall–Kier alpha value is -9.42. The third-order valence-corrected chi connectivity index (χ3v) is 29.1. The quantitative estimate of drug-likeness (QED) is 0.110. The summed E-state index contributed by atoms with van der Waals surface area (Å²) < 4.78 is 52.5. The van der Waals surface area contributed by atoms with Gasteiger partial charge in [0.2, 0.25) is 0 Å². The largest absolute Gasteiger partial charge is 0.359 e. The van der Waals surface area contributed by atoms with Gasteiger partial charge in [0.25, 0.3) is 0 Å². The predicted octanol–water partition coefficient (Wildman–Crippen LogP) is 27.9. The van der Waals surface area contributed by atoms with Gasteiger partial charge in [0.1, 0.15) is 0 Å². The smallest absolute Gasteiger partial charge is 0.0949 e. The van der Waals surface area contributed by atoms with E-state index in [2.05, 4.69) is 286 Å². The van der Waals surface area contributed by atoms with Crippen LogP contribution in [0.3, 0.4) is 0 Å². The number of anilines is 6. The molecule has 0 spiro atoms. The van der Waals surface area contributed by atoms with E-state index >= 15 is 0 Å². The molecule has 12 heteroatoms. The molecule has 0 radical (unpaired) electrons. The van der Waals surface area contributed by atoms with E-state index in [0.29, 0.717) is 35.9 Å². The van der Waals surface area contributed by atoms with Gasteiger partial charge < -0.3 is 58.8 Å². The SMILES string of the molecule is [2H]C1N(C)C(C)=C(C)N1c1ccccc1C.[2H]C1N(C)C(C2CCCC2)=C(C)N1c1ccccc1C.[2H]C1N(C)C(c2ccccc2)=C(C)N1c1ccccc1C.[2H]C1N(c2ccccc2C)C(C)=C(C)N1C1CCCCC1.[2H]C1N(c2ccccc2C)C(C)=C(C2CCCC2)N1C1CCCCC1.[2H]C1N(c2ccccc2C)C(C)=C(C2CCCCC2)N1C1CCCCC1. The van der Waals surface area contributed by atoms with Gasteiger partial charge in [0.15, 0.2) is 0 Å². The van der Waals surface area contributed by atoms with Crippen LogP contribution in [0, 0.1) is 59.3 Å². The minimum atomic E-state index is -0.429. The van der Waals surface area contributed by atoms with Gasteiger partial charge in [-0.1, -0.05) is 242 Å². The van der Waals surface area contributed by atoms with Gasteiger partial charge >= 0.3 is 0 Å². The topological polar surface area (TPSA) is 38.9 Å². The molecule has 19 rings (SSSR count). The molecule has 6 heterocycles. The monoisotopic (exact) mass is 1660 g/mol. The van der Waals surface area contributed by atoms with Gasteiger partial charge in [-0.05, 0) is 249 Å². The highest BCUT2D eigenvalue weighted by Crippen LogP contribution is 2.48. The van der Waals surface area contributed by atoms with Gasteiger partial charge in [-0.15, -0.1) is 0 Å². The maximum Gasteiger partial charge on any atom is 0.0949 e. The lowest BCUT2D eigenvalue weighted by atomic mass is 9.84. The predicted molar refractivity (Wildman–Crippen MR) is 525 cm³/mol. The molecule has 12 nitrogen and oxygen atoms in total. The van der Waals surface area contributed by atoms with E-state index in [9.17, 15) is 1.37 Å². The third kappa shape index (κ3) is 20.6. The molecule has 12 aliphatic rings. The molecule has 0 saturated heterocycles.